The van der Waals surface area contributed by atoms with E-state index in [0.29, 0.717) is 13.1 Å². The summed E-state index contributed by atoms with van der Waals surface area (Å²) in [6.45, 7) is 1.05. The first kappa shape index (κ1) is 14.9. The number of rotatable bonds is 4. The van der Waals surface area contributed by atoms with E-state index in [-0.39, 0.29) is 10.5 Å². The Bertz CT molecular complexity index is 368. The summed E-state index contributed by atoms with van der Waals surface area (Å²) in [5.41, 5.74) is 2.08. The number of carbonyl (C=O) groups is 2. The molecule has 0 aliphatic heterocycles. The summed E-state index contributed by atoms with van der Waals surface area (Å²) >= 11 is 2.32. The van der Waals surface area contributed by atoms with E-state index >= 15 is 0 Å². The van der Waals surface area contributed by atoms with Crippen LogP contribution in [-0.4, -0.2) is 23.0 Å². The highest BCUT2D eigenvalue weighted by Gasteiger charge is 2.00. The number of carbonyl (C=O) groups excluding carboxylic acids is 2. The van der Waals surface area contributed by atoms with Crippen LogP contribution >= 0.6 is 23.5 Å². The van der Waals surface area contributed by atoms with E-state index < -0.39 is 0 Å². The molecule has 18 heavy (non-hydrogen) atoms. The lowest BCUT2D eigenvalue weighted by Gasteiger charge is -2.06. The minimum absolute atomic E-state index is 0.0358. The van der Waals surface area contributed by atoms with Gasteiger partial charge in [0.2, 0.25) is 0 Å². The molecule has 2 N–H and O–H groups in total. The van der Waals surface area contributed by atoms with Crippen molar-refractivity contribution in [2.45, 2.75) is 13.1 Å². The summed E-state index contributed by atoms with van der Waals surface area (Å²) in [5, 5.41) is 5.49. The van der Waals surface area contributed by atoms with Crippen LogP contribution in [0.4, 0.5) is 9.59 Å². The van der Waals surface area contributed by atoms with Crippen molar-refractivity contribution in [2.75, 3.05) is 12.5 Å². The molecular formula is C12H16N2O2S2. The SMILES string of the molecule is CSC(=O)NCc1ccc(CNC(=O)SC)cc1. The topological polar surface area (TPSA) is 58.2 Å². The fourth-order valence-corrected chi connectivity index (χ4v) is 1.70. The Morgan fingerprint density at radius 2 is 1.22 bits per heavy atom. The van der Waals surface area contributed by atoms with Crippen LogP contribution in [0.3, 0.4) is 0 Å². The first-order valence-electron chi connectivity index (χ1n) is 5.37. The zero-order chi connectivity index (χ0) is 13.4. The summed E-state index contributed by atoms with van der Waals surface area (Å²) in [6.07, 6.45) is 3.49. The van der Waals surface area contributed by atoms with Crippen molar-refractivity contribution in [1.29, 1.82) is 0 Å². The normalized spacial score (nSPS) is 9.89. The predicted molar refractivity (Wildman–Crippen MR) is 77.9 cm³/mol. The Kier molecular flexibility index (Phi) is 6.67. The third kappa shape index (κ3) is 5.46. The molecule has 0 aliphatic rings. The van der Waals surface area contributed by atoms with E-state index in [0.717, 1.165) is 34.7 Å². The van der Waals surface area contributed by atoms with Crippen molar-refractivity contribution in [2.24, 2.45) is 0 Å². The summed E-state index contributed by atoms with van der Waals surface area (Å²) in [4.78, 5) is 22.1. The molecule has 0 fully saturated rings. The molecule has 0 heterocycles. The van der Waals surface area contributed by atoms with Gasteiger partial charge in [-0.05, 0) is 23.6 Å². The monoisotopic (exact) mass is 284 g/mol. The van der Waals surface area contributed by atoms with Gasteiger partial charge < -0.3 is 10.6 Å². The maximum absolute atomic E-state index is 11.1. The minimum Gasteiger partial charge on any atom is -0.343 e. The quantitative estimate of drug-likeness (QED) is 0.892. The van der Waals surface area contributed by atoms with Gasteiger partial charge in [-0.25, -0.2) is 0 Å². The fraction of sp³-hybridized carbons (Fsp3) is 0.333. The van der Waals surface area contributed by atoms with E-state index in [1.54, 1.807) is 12.5 Å². The van der Waals surface area contributed by atoms with Gasteiger partial charge in [0.05, 0.1) is 0 Å². The molecule has 4 nitrogen and oxygen atoms in total. The molecular weight excluding hydrogens is 268 g/mol. The maximum atomic E-state index is 11.1. The largest absolute Gasteiger partial charge is 0.343 e. The molecule has 1 aromatic rings. The van der Waals surface area contributed by atoms with Crippen molar-refractivity contribution in [1.82, 2.24) is 10.6 Å². The molecule has 0 saturated heterocycles. The van der Waals surface area contributed by atoms with Gasteiger partial charge in [0.15, 0.2) is 0 Å². The van der Waals surface area contributed by atoms with Gasteiger partial charge in [-0.2, -0.15) is 0 Å². The third-order valence-corrected chi connectivity index (χ3v) is 3.30. The minimum atomic E-state index is -0.0358. The van der Waals surface area contributed by atoms with Crippen LogP contribution in [0.15, 0.2) is 24.3 Å². The van der Waals surface area contributed by atoms with Crippen LogP contribution in [0.1, 0.15) is 11.1 Å². The molecule has 0 aliphatic carbocycles. The molecule has 0 aromatic heterocycles. The molecule has 2 amide bonds. The molecule has 6 heteroatoms. The van der Waals surface area contributed by atoms with Crippen LogP contribution in [0.2, 0.25) is 0 Å². The van der Waals surface area contributed by atoms with Crippen molar-refractivity contribution in [3.05, 3.63) is 35.4 Å². The van der Waals surface area contributed by atoms with Crippen LogP contribution in [0.25, 0.3) is 0 Å². The van der Waals surface area contributed by atoms with Gasteiger partial charge in [-0.15, -0.1) is 0 Å². The molecule has 98 valence electrons. The van der Waals surface area contributed by atoms with Crippen molar-refractivity contribution < 1.29 is 9.59 Å². The second kappa shape index (κ2) is 8.05. The Morgan fingerprint density at radius 1 is 0.889 bits per heavy atom. The van der Waals surface area contributed by atoms with Gasteiger partial charge in [0.1, 0.15) is 0 Å². The second-order valence-electron chi connectivity index (χ2n) is 3.51. The summed E-state index contributed by atoms with van der Waals surface area (Å²) in [7, 11) is 0. The van der Waals surface area contributed by atoms with Gasteiger partial charge in [0, 0.05) is 13.1 Å². The molecule has 1 aromatic carbocycles. The Hall–Kier alpha value is -1.14. The lowest BCUT2D eigenvalue weighted by molar-refractivity contribution is 0.259. The second-order valence-corrected chi connectivity index (χ2v) is 5.06. The van der Waals surface area contributed by atoms with Gasteiger partial charge in [-0.1, -0.05) is 47.8 Å². The first-order chi connectivity index (χ1) is 8.65. The molecule has 0 bridgehead atoms. The van der Waals surface area contributed by atoms with E-state index in [1.165, 1.54) is 0 Å². The van der Waals surface area contributed by atoms with Crippen molar-refractivity contribution >= 4 is 34.0 Å². The highest BCUT2D eigenvalue weighted by atomic mass is 32.2. The molecule has 0 saturated carbocycles. The standard InChI is InChI=1S/C12H16N2O2S2/c1-17-11(15)13-7-9-3-5-10(6-4-9)8-14-12(16)18-2/h3-6H,7-8H2,1-2H3,(H,13,15)(H,14,16). The van der Waals surface area contributed by atoms with E-state index in [2.05, 4.69) is 10.6 Å². The zero-order valence-electron chi connectivity index (χ0n) is 10.4. The summed E-state index contributed by atoms with van der Waals surface area (Å²) < 4.78 is 0. The van der Waals surface area contributed by atoms with E-state index in [1.807, 2.05) is 24.3 Å². The van der Waals surface area contributed by atoms with Crippen LogP contribution < -0.4 is 10.6 Å². The molecule has 0 spiro atoms. The fourth-order valence-electron chi connectivity index (χ4n) is 1.27. The van der Waals surface area contributed by atoms with Gasteiger partial charge in [-0.3, -0.25) is 9.59 Å². The van der Waals surface area contributed by atoms with E-state index in [4.69, 9.17) is 0 Å². The number of hydrogen-bond donors (Lipinski definition) is 2. The highest BCUT2D eigenvalue weighted by molar-refractivity contribution is 8.13. The van der Waals surface area contributed by atoms with Crippen molar-refractivity contribution in [3.63, 3.8) is 0 Å². The third-order valence-electron chi connectivity index (χ3n) is 2.27. The molecule has 0 radical (unpaired) electrons. The average molecular weight is 284 g/mol. The van der Waals surface area contributed by atoms with Gasteiger partial charge >= 0.3 is 0 Å². The number of nitrogens with one attached hydrogen (secondary N) is 2. The van der Waals surface area contributed by atoms with Gasteiger partial charge in [0.25, 0.3) is 10.5 Å². The van der Waals surface area contributed by atoms with Crippen LogP contribution in [-0.2, 0) is 13.1 Å². The maximum Gasteiger partial charge on any atom is 0.279 e. The number of benzene rings is 1. The lowest BCUT2D eigenvalue weighted by atomic mass is 10.1. The Labute approximate surface area is 115 Å². The first-order valence-corrected chi connectivity index (χ1v) is 7.82. The average Bonchev–Trinajstić information content (AvgIpc) is 2.43. The molecule has 0 atom stereocenters. The number of thioether (sulfide) groups is 2. The number of hydrogen-bond acceptors (Lipinski definition) is 4. The Morgan fingerprint density at radius 3 is 1.50 bits per heavy atom. The number of amides is 2. The van der Waals surface area contributed by atoms with Crippen LogP contribution in [0, 0.1) is 0 Å². The highest BCUT2D eigenvalue weighted by Crippen LogP contribution is 2.06. The van der Waals surface area contributed by atoms with Crippen LogP contribution in [0.5, 0.6) is 0 Å². The molecule has 1 rings (SSSR count). The smallest absolute Gasteiger partial charge is 0.279 e. The predicted octanol–water partition coefficient (Wildman–Crippen LogP) is 2.83. The Balaban J connectivity index is 2.42. The summed E-state index contributed by atoms with van der Waals surface area (Å²) in [5.74, 6) is 0. The zero-order valence-corrected chi connectivity index (χ0v) is 12.0. The lowest BCUT2D eigenvalue weighted by Crippen LogP contribution is -2.18. The molecule has 0 unspecified atom stereocenters. The van der Waals surface area contributed by atoms with E-state index in [9.17, 15) is 9.59 Å². The van der Waals surface area contributed by atoms with Crippen molar-refractivity contribution in [3.8, 4) is 0 Å². The summed E-state index contributed by atoms with van der Waals surface area (Å²) in [6, 6.07) is 7.78.